The molecule has 0 radical (unpaired) electrons. The van der Waals surface area contributed by atoms with Gasteiger partial charge >= 0.3 is 0 Å². The SMILES string of the molecule is CCc1c(C)c(C(c2cn[nH]c2)N2Cc3ccccc3CC2COC)c(C)c(CC)c1Br. The van der Waals surface area contributed by atoms with Crippen LogP contribution in [0.4, 0.5) is 0 Å². The minimum Gasteiger partial charge on any atom is -0.383 e. The summed E-state index contributed by atoms with van der Waals surface area (Å²) in [6.07, 6.45) is 7.07. The molecule has 4 rings (SSSR count). The van der Waals surface area contributed by atoms with E-state index in [0.717, 1.165) is 25.8 Å². The highest BCUT2D eigenvalue weighted by molar-refractivity contribution is 9.10. The average molecular weight is 496 g/mol. The Hall–Kier alpha value is -1.95. The molecule has 0 amide bonds. The van der Waals surface area contributed by atoms with E-state index in [1.165, 1.54) is 49.0 Å². The Balaban J connectivity index is 1.94. The molecule has 170 valence electrons. The van der Waals surface area contributed by atoms with Crippen LogP contribution in [0.1, 0.15) is 64.4 Å². The summed E-state index contributed by atoms with van der Waals surface area (Å²) in [7, 11) is 1.81. The maximum Gasteiger partial charge on any atom is 0.0644 e. The summed E-state index contributed by atoms with van der Waals surface area (Å²) in [6.45, 7) is 10.7. The number of benzene rings is 2. The summed E-state index contributed by atoms with van der Waals surface area (Å²) in [5.74, 6) is 0. The van der Waals surface area contributed by atoms with Crippen molar-refractivity contribution in [2.45, 2.75) is 65.6 Å². The maximum atomic E-state index is 5.73. The van der Waals surface area contributed by atoms with Gasteiger partial charge in [-0.15, -0.1) is 0 Å². The van der Waals surface area contributed by atoms with Gasteiger partial charge in [0.25, 0.3) is 0 Å². The molecule has 2 atom stereocenters. The minimum atomic E-state index is 0.117. The topological polar surface area (TPSA) is 41.2 Å². The summed E-state index contributed by atoms with van der Waals surface area (Å²) in [5.41, 5.74) is 11.1. The molecule has 0 saturated carbocycles. The van der Waals surface area contributed by atoms with Crippen molar-refractivity contribution in [3.05, 3.63) is 85.6 Å². The number of halogens is 1. The van der Waals surface area contributed by atoms with E-state index in [1.54, 1.807) is 0 Å². The fraction of sp³-hybridized carbons (Fsp3) is 0.444. The zero-order valence-electron chi connectivity index (χ0n) is 19.8. The van der Waals surface area contributed by atoms with Crippen molar-refractivity contribution in [2.24, 2.45) is 0 Å². The van der Waals surface area contributed by atoms with Gasteiger partial charge in [-0.25, -0.2) is 0 Å². The second kappa shape index (κ2) is 9.90. The van der Waals surface area contributed by atoms with Crippen LogP contribution in [0.3, 0.4) is 0 Å². The highest BCUT2D eigenvalue weighted by Gasteiger charge is 2.36. The first-order valence-electron chi connectivity index (χ1n) is 11.6. The molecule has 2 aromatic carbocycles. The van der Waals surface area contributed by atoms with Crippen LogP contribution >= 0.6 is 15.9 Å². The van der Waals surface area contributed by atoms with Crippen molar-refractivity contribution in [3.63, 3.8) is 0 Å². The van der Waals surface area contributed by atoms with Crippen molar-refractivity contribution < 1.29 is 4.74 Å². The van der Waals surface area contributed by atoms with Crippen LogP contribution in [0.5, 0.6) is 0 Å². The molecule has 3 aromatic rings. The molecule has 2 heterocycles. The van der Waals surface area contributed by atoms with E-state index in [9.17, 15) is 0 Å². The standard InChI is InChI=1S/C27H34BrN3O/c1-6-23-17(3)25(18(4)24(7-2)26(23)28)27(21-13-29-30-14-21)31-15-20-11-9-8-10-19(20)12-22(31)16-32-5/h8-11,13-14,22,27H,6-7,12,15-16H2,1-5H3,(H,29,30). The van der Waals surface area contributed by atoms with E-state index in [2.05, 4.69) is 89.2 Å². The summed E-state index contributed by atoms with van der Waals surface area (Å²) in [6, 6.07) is 9.26. The minimum absolute atomic E-state index is 0.117. The van der Waals surface area contributed by atoms with Gasteiger partial charge in [0, 0.05) is 35.9 Å². The van der Waals surface area contributed by atoms with Crippen molar-refractivity contribution in [1.29, 1.82) is 0 Å². The molecule has 0 bridgehead atoms. The average Bonchev–Trinajstić information content (AvgIpc) is 3.32. The first-order chi connectivity index (χ1) is 15.5. The number of nitrogens with one attached hydrogen (secondary N) is 1. The number of aromatic amines is 1. The largest absolute Gasteiger partial charge is 0.383 e. The van der Waals surface area contributed by atoms with Gasteiger partial charge in [0.1, 0.15) is 0 Å². The Labute approximate surface area is 200 Å². The summed E-state index contributed by atoms with van der Waals surface area (Å²) < 4.78 is 7.01. The molecular weight excluding hydrogens is 462 g/mol. The van der Waals surface area contributed by atoms with Crippen molar-refractivity contribution >= 4 is 15.9 Å². The molecule has 1 aliphatic heterocycles. The number of rotatable bonds is 7. The lowest BCUT2D eigenvalue weighted by Gasteiger charge is -2.43. The Bertz CT molecular complexity index is 1050. The monoisotopic (exact) mass is 495 g/mol. The van der Waals surface area contributed by atoms with Gasteiger partial charge in [0.05, 0.1) is 18.8 Å². The second-order valence-corrected chi connectivity index (χ2v) is 9.62. The number of nitrogens with zero attached hydrogens (tertiary/aromatic N) is 2. The number of methoxy groups -OCH3 is 1. The molecule has 0 fully saturated rings. The third-order valence-electron chi connectivity index (χ3n) is 7.15. The number of H-pyrrole nitrogens is 1. The van der Waals surface area contributed by atoms with Crippen LogP contribution < -0.4 is 0 Å². The number of hydrogen-bond donors (Lipinski definition) is 1. The molecule has 5 heteroatoms. The molecule has 1 aromatic heterocycles. The Kier molecular flexibility index (Phi) is 7.18. The van der Waals surface area contributed by atoms with Gasteiger partial charge in [0.15, 0.2) is 0 Å². The first-order valence-corrected chi connectivity index (χ1v) is 12.4. The van der Waals surface area contributed by atoms with Gasteiger partial charge in [0.2, 0.25) is 0 Å². The summed E-state index contributed by atoms with van der Waals surface area (Å²) in [4.78, 5) is 2.64. The van der Waals surface area contributed by atoms with Crippen molar-refractivity contribution in [2.75, 3.05) is 13.7 Å². The van der Waals surface area contributed by atoms with E-state index in [1.807, 2.05) is 13.3 Å². The number of hydrogen-bond acceptors (Lipinski definition) is 3. The van der Waals surface area contributed by atoms with E-state index in [4.69, 9.17) is 4.74 Å². The number of fused-ring (bicyclic) bond motifs is 1. The lowest BCUT2D eigenvalue weighted by atomic mass is 9.82. The Morgan fingerprint density at radius 1 is 1.12 bits per heavy atom. The van der Waals surface area contributed by atoms with Gasteiger partial charge in [-0.2, -0.15) is 5.10 Å². The van der Waals surface area contributed by atoms with Crippen LogP contribution in [-0.2, 0) is 30.5 Å². The molecule has 0 aliphatic carbocycles. The fourth-order valence-electron chi connectivity index (χ4n) is 5.56. The summed E-state index contributed by atoms with van der Waals surface area (Å²) in [5, 5.41) is 7.42. The van der Waals surface area contributed by atoms with Gasteiger partial charge in [-0.3, -0.25) is 10.00 Å². The molecular formula is C27H34BrN3O. The van der Waals surface area contributed by atoms with Crippen LogP contribution in [0.2, 0.25) is 0 Å². The zero-order chi connectivity index (χ0) is 22.8. The summed E-state index contributed by atoms with van der Waals surface area (Å²) >= 11 is 3.94. The predicted octanol–water partition coefficient (Wildman–Crippen LogP) is 6.08. The molecule has 32 heavy (non-hydrogen) atoms. The fourth-order valence-corrected chi connectivity index (χ4v) is 6.72. The van der Waals surface area contributed by atoms with Gasteiger partial charge in [-0.05, 0) is 72.1 Å². The lowest BCUT2D eigenvalue weighted by Crippen LogP contribution is -2.46. The zero-order valence-corrected chi connectivity index (χ0v) is 21.4. The second-order valence-electron chi connectivity index (χ2n) is 8.83. The van der Waals surface area contributed by atoms with Crippen LogP contribution in [0.15, 0.2) is 41.1 Å². The first kappa shape index (κ1) is 23.2. The van der Waals surface area contributed by atoms with E-state index < -0.39 is 0 Å². The molecule has 4 nitrogen and oxygen atoms in total. The number of ether oxygens (including phenoxy) is 1. The van der Waals surface area contributed by atoms with Crippen LogP contribution in [0.25, 0.3) is 0 Å². The molecule has 1 N–H and O–H groups in total. The molecule has 0 saturated heterocycles. The quantitative estimate of drug-likeness (QED) is 0.431. The lowest BCUT2D eigenvalue weighted by molar-refractivity contribution is 0.0568. The Morgan fingerprint density at radius 2 is 1.78 bits per heavy atom. The van der Waals surface area contributed by atoms with E-state index in [0.29, 0.717) is 12.6 Å². The van der Waals surface area contributed by atoms with Gasteiger partial charge < -0.3 is 4.74 Å². The van der Waals surface area contributed by atoms with E-state index in [-0.39, 0.29) is 6.04 Å². The predicted molar refractivity (Wildman–Crippen MR) is 134 cm³/mol. The van der Waals surface area contributed by atoms with Gasteiger partial charge in [-0.1, -0.05) is 54.0 Å². The molecule has 2 unspecified atom stereocenters. The normalized spacial score (nSPS) is 17.4. The highest BCUT2D eigenvalue weighted by Crippen LogP contribution is 2.42. The van der Waals surface area contributed by atoms with Crippen molar-refractivity contribution in [1.82, 2.24) is 15.1 Å². The smallest absolute Gasteiger partial charge is 0.0644 e. The third kappa shape index (κ3) is 4.07. The third-order valence-corrected chi connectivity index (χ3v) is 8.10. The van der Waals surface area contributed by atoms with E-state index >= 15 is 0 Å². The molecule has 0 spiro atoms. The number of aromatic nitrogens is 2. The maximum absolute atomic E-state index is 5.73. The molecule has 1 aliphatic rings. The van der Waals surface area contributed by atoms with Crippen molar-refractivity contribution in [3.8, 4) is 0 Å². The highest BCUT2D eigenvalue weighted by atomic mass is 79.9. The van der Waals surface area contributed by atoms with Crippen LogP contribution in [0, 0.1) is 13.8 Å². The Morgan fingerprint density at radius 3 is 2.34 bits per heavy atom. The van der Waals surface area contributed by atoms with Crippen LogP contribution in [-0.4, -0.2) is 34.9 Å².